The molecule has 6 nitrogen and oxygen atoms in total. The number of nitrogens with zero attached hydrogens (tertiary/aromatic N) is 3. The minimum atomic E-state index is -0.0680. The number of ether oxygens (including phenoxy) is 2. The van der Waals surface area contributed by atoms with E-state index < -0.39 is 0 Å². The number of rotatable bonds is 4. The maximum Gasteiger partial charge on any atom is 0.231 e. The van der Waals surface area contributed by atoms with Crippen LogP contribution in [-0.4, -0.2) is 21.5 Å². The average molecular weight is 407 g/mol. The van der Waals surface area contributed by atoms with Crippen LogP contribution in [0.5, 0.6) is 11.5 Å². The Morgan fingerprint density at radius 2 is 1.97 bits per heavy atom. The fourth-order valence-corrected chi connectivity index (χ4v) is 4.44. The number of fused-ring (bicyclic) bond motifs is 1. The Balaban J connectivity index is 1.64. The lowest BCUT2D eigenvalue weighted by Crippen LogP contribution is -2.30. The highest BCUT2D eigenvalue weighted by molar-refractivity contribution is 7.80. The molecule has 0 amide bonds. The Hall–Kier alpha value is -3.06. The Morgan fingerprint density at radius 1 is 1.10 bits per heavy atom. The molecule has 2 aliphatic rings. The predicted octanol–water partition coefficient (Wildman–Crippen LogP) is 4.37. The minimum Gasteiger partial charge on any atom is -0.454 e. The molecule has 0 unspecified atom stereocenters. The van der Waals surface area contributed by atoms with Crippen LogP contribution < -0.4 is 19.7 Å². The smallest absolute Gasteiger partial charge is 0.231 e. The second kappa shape index (κ2) is 7.08. The lowest BCUT2D eigenvalue weighted by Gasteiger charge is -2.30. The first-order chi connectivity index (χ1) is 14.1. The zero-order chi connectivity index (χ0) is 20.0. The summed E-state index contributed by atoms with van der Waals surface area (Å²) in [6.07, 6.45) is 3.94. The molecule has 29 heavy (non-hydrogen) atoms. The maximum atomic E-state index is 5.79. The number of aromatic nitrogens is 2. The molecule has 0 spiro atoms. The van der Waals surface area contributed by atoms with E-state index in [1.54, 1.807) is 0 Å². The van der Waals surface area contributed by atoms with Crippen molar-refractivity contribution < 1.29 is 9.47 Å². The fraction of sp³-hybridized carbons (Fsp3) is 0.273. The first-order valence-electron chi connectivity index (χ1n) is 9.70. The van der Waals surface area contributed by atoms with Crippen molar-refractivity contribution in [2.75, 3.05) is 11.7 Å². The van der Waals surface area contributed by atoms with Gasteiger partial charge in [-0.1, -0.05) is 6.07 Å². The molecule has 3 aromatic rings. The number of benzene rings is 1. The van der Waals surface area contributed by atoms with Crippen molar-refractivity contribution in [2.45, 2.75) is 32.0 Å². The molecular formula is C22H22N4O2S. The van der Waals surface area contributed by atoms with Crippen LogP contribution in [0.1, 0.15) is 43.4 Å². The number of nitrogens with one attached hydrogen (secondary N) is 1. The molecule has 1 aromatic carbocycles. The van der Waals surface area contributed by atoms with Crippen LogP contribution in [0.25, 0.3) is 0 Å². The summed E-state index contributed by atoms with van der Waals surface area (Å²) in [5, 5.41) is 4.17. The summed E-state index contributed by atoms with van der Waals surface area (Å²) < 4.78 is 13.4. The quantitative estimate of drug-likeness (QED) is 0.650. The molecule has 0 aliphatic carbocycles. The van der Waals surface area contributed by atoms with Crippen LogP contribution >= 0.6 is 12.2 Å². The third-order valence-corrected chi connectivity index (χ3v) is 5.72. The summed E-state index contributed by atoms with van der Waals surface area (Å²) >= 11 is 5.79. The molecule has 4 heterocycles. The van der Waals surface area contributed by atoms with Gasteiger partial charge in [-0.3, -0.25) is 4.98 Å². The Labute approximate surface area is 175 Å². The van der Waals surface area contributed by atoms with Gasteiger partial charge in [0.15, 0.2) is 16.6 Å². The van der Waals surface area contributed by atoms with E-state index in [1.807, 2.05) is 42.6 Å². The molecule has 5 rings (SSSR count). The van der Waals surface area contributed by atoms with Crippen molar-refractivity contribution in [3.63, 3.8) is 0 Å². The van der Waals surface area contributed by atoms with Gasteiger partial charge in [0, 0.05) is 35.9 Å². The largest absolute Gasteiger partial charge is 0.454 e. The van der Waals surface area contributed by atoms with E-state index in [1.165, 1.54) is 5.69 Å². The lowest BCUT2D eigenvalue weighted by atomic mass is 10.0. The normalized spacial score (nSPS) is 20.4. The first-order valence-corrected chi connectivity index (χ1v) is 10.1. The van der Waals surface area contributed by atoms with Gasteiger partial charge in [-0.05, 0) is 62.5 Å². The maximum absolute atomic E-state index is 5.79. The van der Waals surface area contributed by atoms with Gasteiger partial charge in [0.05, 0.1) is 11.7 Å². The fourth-order valence-electron chi connectivity index (χ4n) is 4.10. The van der Waals surface area contributed by atoms with Gasteiger partial charge >= 0.3 is 0 Å². The monoisotopic (exact) mass is 406 g/mol. The SMILES string of the molecule is CC(C)n1cccc1[C@@H]1[C@@H](c2ccccn2)NC(=S)N1c1ccc2c(c1)OCO2. The second-order valence-corrected chi connectivity index (χ2v) is 7.85. The van der Waals surface area contributed by atoms with Crippen LogP contribution in [-0.2, 0) is 0 Å². The molecule has 1 saturated heterocycles. The third kappa shape index (κ3) is 3.02. The van der Waals surface area contributed by atoms with Gasteiger partial charge in [0.25, 0.3) is 0 Å². The highest BCUT2D eigenvalue weighted by atomic mass is 32.1. The van der Waals surface area contributed by atoms with E-state index >= 15 is 0 Å². The average Bonchev–Trinajstić information content (AvgIpc) is 3.45. The van der Waals surface area contributed by atoms with E-state index in [0.717, 1.165) is 22.9 Å². The molecule has 0 radical (unpaired) electrons. The summed E-state index contributed by atoms with van der Waals surface area (Å²) in [7, 11) is 0. The topological polar surface area (TPSA) is 51.6 Å². The number of hydrogen-bond donors (Lipinski definition) is 1. The molecule has 2 atom stereocenters. The van der Waals surface area contributed by atoms with E-state index in [2.05, 4.69) is 51.9 Å². The zero-order valence-electron chi connectivity index (χ0n) is 16.3. The first kappa shape index (κ1) is 18.0. The van der Waals surface area contributed by atoms with Gasteiger partial charge < -0.3 is 24.3 Å². The Morgan fingerprint density at radius 3 is 2.76 bits per heavy atom. The number of anilines is 1. The molecule has 7 heteroatoms. The molecule has 1 N–H and O–H groups in total. The number of thiocarbonyl (C=S) groups is 1. The van der Waals surface area contributed by atoms with Crippen LogP contribution in [0.4, 0.5) is 5.69 Å². The van der Waals surface area contributed by atoms with Crippen LogP contribution in [0.3, 0.4) is 0 Å². The van der Waals surface area contributed by atoms with Crippen LogP contribution in [0.2, 0.25) is 0 Å². The summed E-state index contributed by atoms with van der Waals surface area (Å²) in [5.74, 6) is 1.50. The molecular weight excluding hydrogens is 384 g/mol. The van der Waals surface area contributed by atoms with E-state index in [0.29, 0.717) is 11.2 Å². The molecule has 0 saturated carbocycles. The van der Waals surface area contributed by atoms with Gasteiger partial charge in [-0.15, -0.1) is 0 Å². The van der Waals surface area contributed by atoms with Crippen molar-refractivity contribution in [2.24, 2.45) is 0 Å². The zero-order valence-corrected chi connectivity index (χ0v) is 17.1. The summed E-state index contributed by atoms with van der Waals surface area (Å²) in [6.45, 7) is 4.62. The molecule has 2 aromatic heterocycles. The molecule has 0 bridgehead atoms. The van der Waals surface area contributed by atoms with Gasteiger partial charge in [0.2, 0.25) is 6.79 Å². The standard InChI is InChI=1S/C22H22N4O2S/c1-14(2)25-11-5-7-17(25)21-20(16-6-3-4-10-23-16)24-22(29)26(21)15-8-9-18-19(12-15)28-13-27-18/h3-12,14,20-21H,13H2,1-2H3,(H,24,29)/t20-,21-/m1/s1. The van der Waals surface area contributed by atoms with Crippen molar-refractivity contribution in [3.8, 4) is 11.5 Å². The lowest BCUT2D eigenvalue weighted by molar-refractivity contribution is 0.174. The highest BCUT2D eigenvalue weighted by Crippen LogP contribution is 2.44. The number of pyridine rings is 1. The van der Waals surface area contributed by atoms with Crippen LogP contribution in [0.15, 0.2) is 60.9 Å². The third-order valence-electron chi connectivity index (χ3n) is 5.40. The van der Waals surface area contributed by atoms with Crippen molar-refractivity contribution in [1.82, 2.24) is 14.9 Å². The summed E-state index contributed by atoms with van der Waals surface area (Å²) in [4.78, 5) is 6.77. The minimum absolute atomic E-state index is 0.0461. The van der Waals surface area contributed by atoms with E-state index in [4.69, 9.17) is 21.7 Å². The summed E-state index contributed by atoms with van der Waals surface area (Å²) in [6, 6.07) is 16.4. The number of hydrogen-bond acceptors (Lipinski definition) is 4. The second-order valence-electron chi connectivity index (χ2n) is 7.47. The highest BCUT2D eigenvalue weighted by Gasteiger charge is 2.42. The Kier molecular flexibility index (Phi) is 4.39. The van der Waals surface area contributed by atoms with Gasteiger partial charge in [-0.2, -0.15) is 0 Å². The summed E-state index contributed by atoms with van der Waals surface area (Å²) in [5.41, 5.74) is 3.10. The van der Waals surface area contributed by atoms with E-state index in [-0.39, 0.29) is 18.9 Å². The van der Waals surface area contributed by atoms with Crippen molar-refractivity contribution in [3.05, 3.63) is 72.3 Å². The molecule has 148 valence electrons. The Bertz CT molecular complexity index is 1050. The van der Waals surface area contributed by atoms with Gasteiger partial charge in [0.1, 0.15) is 6.04 Å². The van der Waals surface area contributed by atoms with E-state index in [9.17, 15) is 0 Å². The van der Waals surface area contributed by atoms with Gasteiger partial charge in [-0.25, -0.2) is 0 Å². The molecule has 1 fully saturated rings. The van der Waals surface area contributed by atoms with Crippen LogP contribution in [0, 0.1) is 0 Å². The predicted molar refractivity (Wildman–Crippen MR) is 115 cm³/mol. The molecule has 2 aliphatic heterocycles. The van der Waals surface area contributed by atoms with Crippen molar-refractivity contribution >= 4 is 23.0 Å². The van der Waals surface area contributed by atoms with Crippen molar-refractivity contribution in [1.29, 1.82) is 0 Å².